The minimum Gasteiger partial charge on any atom is -0.508 e. The summed E-state index contributed by atoms with van der Waals surface area (Å²) in [6, 6.07) is 19.7. The second-order valence-electron chi connectivity index (χ2n) is 7.46. The molecule has 0 saturated heterocycles. The second-order valence-corrected chi connectivity index (χ2v) is 7.46. The van der Waals surface area contributed by atoms with Gasteiger partial charge in [-0.25, -0.2) is 4.79 Å². The van der Waals surface area contributed by atoms with E-state index in [9.17, 15) is 14.7 Å². The number of aromatic amines is 1. The number of ketones is 1. The Bertz CT molecular complexity index is 1360. The molecule has 0 spiro atoms. The van der Waals surface area contributed by atoms with Gasteiger partial charge in [0, 0.05) is 17.3 Å². The van der Waals surface area contributed by atoms with Crippen molar-refractivity contribution in [3.05, 3.63) is 112 Å². The van der Waals surface area contributed by atoms with E-state index in [2.05, 4.69) is 4.98 Å². The highest BCUT2D eigenvalue weighted by Gasteiger charge is 2.13. The van der Waals surface area contributed by atoms with Crippen LogP contribution < -0.4 is 5.69 Å². The zero-order valence-electron chi connectivity index (χ0n) is 17.3. The number of aryl methyl sites for hydroxylation is 2. The lowest BCUT2D eigenvalue weighted by atomic mass is 10.0. The Morgan fingerprint density at radius 2 is 1.77 bits per heavy atom. The third-order valence-electron chi connectivity index (χ3n) is 5.27. The van der Waals surface area contributed by atoms with Crippen LogP contribution in [0.4, 0.5) is 0 Å². The van der Waals surface area contributed by atoms with E-state index < -0.39 is 0 Å². The summed E-state index contributed by atoms with van der Waals surface area (Å²) in [4.78, 5) is 28.0. The first kappa shape index (κ1) is 20.2. The molecule has 0 unspecified atom stereocenters. The van der Waals surface area contributed by atoms with Gasteiger partial charge >= 0.3 is 5.69 Å². The van der Waals surface area contributed by atoms with Gasteiger partial charge in [-0.2, -0.15) is 0 Å². The normalized spacial score (nSPS) is 11.2. The van der Waals surface area contributed by atoms with Crippen molar-refractivity contribution in [1.82, 2.24) is 9.55 Å². The highest BCUT2D eigenvalue weighted by Crippen LogP contribution is 2.24. The SMILES string of the molecule is Cc1ccc(-c2c[nH]c(=O)n2-c2cccc(C(=O)C=Cc3cccc(O)c3)c2)cc1C. The van der Waals surface area contributed by atoms with Crippen LogP contribution in [0.3, 0.4) is 0 Å². The number of aromatic nitrogens is 2. The Morgan fingerprint density at radius 3 is 2.55 bits per heavy atom. The van der Waals surface area contributed by atoms with Crippen molar-refractivity contribution in [3.8, 4) is 22.7 Å². The fourth-order valence-electron chi connectivity index (χ4n) is 3.43. The molecule has 5 heteroatoms. The molecule has 1 aromatic heterocycles. The summed E-state index contributed by atoms with van der Waals surface area (Å²) in [6.07, 6.45) is 4.79. The molecule has 0 amide bonds. The number of nitrogens with one attached hydrogen (secondary N) is 1. The van der Waals surface area contributed by atoms with Crippen molar-refractivity contribution in [1.29, 1.82) is 0 Å². The third kappa shape index (κ3) is 4.26. The highest BCUT2D eigenvalue weighted by molar-refractivity contribution is 6.07. The van der Waals surface area contributed by atoms with E-state index in [4.69, 9.17) is 0 Å². The van der Waals surface area contributed by atoms with Gasteiger partial charge in [-0.05, 0) is 66.9 Å². The fourth-order valence-corrected chi connectivity index (χ4v) is 3.43. The maximum Gasteiger partial charge on any atom is 0.330 e. The molecule has 0 atom stereocenters. The summed E-state index contributed by atoms with van der Waals surface area (Å²) in [5.41, 5.74) is 5.49. The van der Waals surface area contributed by atoms with Crippen LogP contribution in [-0.2, 0) is 0 Å². The van der Waals surface area contributed by atoms with Gasteiger partial charge in [-0.3, -0.25) is 9.36 Å². The molecule has 4 rings (SSSR count). The van der Waals surface area contributed by atoms with Crippen LogP contribution in [-0.4, -0.2) is 20.4 Å². The minimum atomic E-state index is -0.270. The van der Waals surface area contributed by atoms with Crippen molar-refractivity contribution < 1.29 is 9.90 Å². The largest absolute Gasteiger partial charge is 0.508 e. The number of phenols is 1. The van der Waals surface area contributed by atoms with E-state index in [1.807, 2.05) is 32.0 Å². The van der Waals surface area contributed by atoms with Gasteiger partial charge in [0.2, 0.25) is 0 Å². The van der Waals surface area contributed by atoms with Crippen molar-refractivity contribution in [2.24, 2.45) is 0 Å². The van der Waals surface area contributed by atoms with Gasteiger partial charge in [0.1, 0.15) is 5.75 Å². The molecule has 31 heavy (non-hydrogen) atoms. The minimum absolute atomic E-state index is 0.141. The molecule has 0 radical (unpaired) electrons. The van der Waals surface area contributed by atoms with E-state index in [-0.39, 0.29) is 17.2 Å². The lowest BCUT2D eigenvalue weighted by molar-refractivity contribution is 0.104. The number of phenolic OH excluding ortho intramolecular Hbond substituents is 1. The smallest absolute Gasteiger partial charge is 0.330 e. The second kappa shape index (κ2) is 8.32. The number of H-pyrrole nitrogens is 1. The Balaban J connectivity index is 1.69. The van der Waals surface area contributed by atoms with Gasteiger partial charge in [0.15, 0.2) is 5.78 Å². The van der Waals surface area contributed by atoms with Crippen molar-refractivity contribution in [2.75, 3.05) is 0 Å². The van der Waals surface area contributed by atoms with Crippen LogP contribution in [0.25, 0.3) is 23.0 Å². The van der Waals surface area contributed by atoms with Crippen molar-refractivity contribution in [2.45, 2.75) is 13.8 Å². The lowest BCUT2D eigenvalue weighted by Crippen LogP contribution is -2.16. The number of benzene rings is 3. The van der Waals surface area contributed by atoms with Crippen molar-refractivity contribution in [3.63, 3.8) is 0 Å². The molecule has 0 saturated carbocycles. The number of rotatable bonds is 5. The molecule has 1 heterocycles. The fraction of sp³-hybridized carbons (Fsp3) is 0.0769. The molecular weight excluding hydrogens is 388 g/mol. The number of aromatic hydroxyl groups is 1. The van der Waals surface area contributed by atoms with Gasteiger partial charge in [-0.15, -0.1) is 0 Å². The van der Waals surface area contributed by atoms with E-state index in [0.717, 1.165) is 22.4 Å². The molecule has 0 aliphatic carbocycles. The third-order valence-corrected chi connectivity index (χ3v) is 5.27. The summed E-state index contributed by atoms with van der Waals surface area (Å²) in [5, 5.41) is 9.56. The Kier molecular flexibility index (Phi) is 5.41. The number of allylic oxidation sites excluding steroid dienone is 1. The van der Waals surface area contributed by atoms with E-state index >= 15 is 0 Å². The molecule has 5 nitrogen and oxygen atoms in total. The van der Waals surface area contributed by atoms with Crippen LogP contribution in [0.1, 0.15) is 27.0 Å². The maximum atomic E-state index is 12.7. The summed E-state index contributed by atoms with van der Waals surface area (Å²) in [7, 11) is 0. The average Bonchev–Trinajstić information content (AvgIpc) is 3.15. The monoisotopic (exact) mass is 410 g/mol. The first-order chi connectivity index (χ1) is 14.9. The van der Waals surface area contributed by atoms with Crippen LogP contribution in [0.2, 0.25) is 0 Å². The van der Waals surface area contributed by atoms with Gasteiger partial charge in [-0.1, -0.05) is 42.5 Å². The first-order valence-corrected chi connectivity index (χ1v) is 9.92. The molecular formula is C26H22N2O3. The number of carbonyl (C=O) groups excluding carboxylic acids is 1. The molecule has 3 aromatic carbocycles. The maximum absolute atomic E-state index is 12.7. The molecule has 4 aromatic rings. The van der Waals surface area contributed by atoms with Crippen LogP contribution >= 0.6 is 0 Å². The zero-order valence-corrected chi connectivity index (χ0v) is 17.3. The van der Waals surface area contributed by atoms with Crippen molar-refractivity contribution >= 4 is 11.9 Å². The molecule has 0 bridgehead atoms. The number of nitrogens with zero attached hydrogens (tertiary/aromatic N) is 1. The summed E-state index contributed by atoms with van der Waals surface area (Å²) < 4.78 is 1.57. The summed E-state index contributed by atoms with van der Waals surface area (Å²) in [5.74, 6) is -0.0520. The number of hydrogen-bond donors (Lipinski definition) is 2. The number of hydrogen-bond acceptors (Lipinski definition) is 3. The van der Waals surface area contributed by atoms with Crippen LogP contribution in [0.15, 0.2) is 83.8 Å². The highest BCUT2D eigenvalue weighted by atomic mass is 16.3. The predicted molar refractivity (Wildman–Crippen MR) is 123 cm³/mol. The summed E-state index contributed by atoms with van der Waals surface area (Å²) in [6.45, 7) is 4.08. The lowest BCUT2D eigenvalue weighted by Gasteiger charge is -2.10. The molecule has 0 fully saturated rings. The van der Waals surface area contributed by atoms with E-state index in [1.54, 1.807) is 65.4 Å². The molecule has 2 N–H and O–H groups in total. The Morgan fingerprint density at radius 1 is 0.968 bits per heavy atom. The van der Waals surface area contributed by atoms with E-state index in [0.29, 0.717) is 11.3 Å². The van der Waals surface area contributed by atoms with Crippen LogP contribution in [0, 0.1) is 13.8 Å². The number of carbonyl (C=O) groups is 1. The number of imidazole rings is 1. The average molecular weight is 410 g/mol. The van der Waals surface area contributed by atoms with Gasteiger partial charge in [0.25, 0.3) is 0 Å². The predicted octanol–water partition coefficient (Wildman–Crippen LogP) is 5.05. The first-order valence-electron chi connectivity index (χ1n) is 9.92. The van der Waals surface area contributed by atoms with Crippen LogP contribution in [0.5, 0.6) is 5.75 Å². The van der Waals surface area contributed by atoms with Gasteiger partial charge in [0.05, 0.1) is 11.4 Å². The molecule has 0 aliphatic heterocycles. The molecule has 154 valence electrons. The zero-order chi connectivity index (χ0) is 22.0. The Labute approximate surface area is 179 Å². The summed E-state index contributed by atoms with van der Waals surface area (Å²) >= 11 is 0. The Hall–Kier alpha value is -4.12. The van der Waals surface area contributed by atoms with E-state index in [1.165, 1.54) is 11.6 Å². The standard InChI is InChI=1S/C26H22N2O3/c1-17-9-11-20(13-18(17)2)24-16-27-26(31)28(24)22-7-4-6-21(15-22)25(30)12-10-19-5-3-8-23(29)14-19/h3-16,29H,1-2H3,(H,27,31). The molecule has 0 aliphatic rings. The quantitative estimate of drug-likeness (QED) is 0.357. The van der Waals surface area contributed by atoms with Gasteiger partial charge < -0.3 is 10.1 Å². The topological polar surface area (TPSA) is 75.1 Å².